The number of carboxylic acids is 1. The molecule has 2 aliphatic heterocycles. The van der Waals surface area contributed by atoms with Crippen LogP contribution in [-0.4, -0.2) is 78.5 Å². The Bertz CT molecular complexity index is 2750. The van der Waals surface area contributed by atoms with Gasteiger partial charge in [0.1, 0.15) is 16.3 Å². The van der Waals surface area contributed by atoms with Crippen molar-refractivity contribution in [3.63, 3.8) is 0 Å². The fourth-order valence-electron chi connectivity index (χ4n) is 6.55. The molecular weight excluding hydrogens is 972 g/mol. The first-order valence-corrected chi connectivity index (χ1v) is 23.1. The number of halogens is 4. The summed E-state index contributed by atoms with van der Waals surface area (Å²) in [7, 11) is -0.617. The average molecular weight is 1010 g/mol. The molecule has 60 heavy (non-hydrogen) atoms. The number of carbonyl (C=O) groups is 1. The first-order valence-electron chi connectivity index (χ1n) is 17.9. The number of benzene rings is 4. The van der Waals surface area contributed by atoms with Gasteiger partial charge in [-0.15, -0.1) is 32.2 Å². The van der Waals surface area contributed by atoms with Crippen LogP contribution in [0, 0.1) is 0 Å². The summed E-state index contributed by atoms with van der Waals surface area (Å²) in [4.78, 5) is 24.7. The van der Waals surface area contributed by atoms with E-state index in [0.717, 1.165) is 76.8 Å². The molecule has 22 heteroatoms. The number of hydrogen-bond acceptors (Lipinski definition) is 14. The van der Waals surface area contributed by atoms with Crippen molar-refractivity contribution < 1.29 is 52.5 Å². The third-order valence-electron chi connectivity index (χ3n) is 9.41. The molecule has 0 bridgehead atoms. The Hall–Kier alpha value is -4.05. The Morgan fingerprint density at radius 1 is 0.850 bits per heavy atom. The van der Waals surface area contributed by atoms with Crippen LogP contribution < -0.4 is 9.80 Å². The summed E-state index contributed by atoms with van der Waals surface area (Å²) in [5, 5.41) is 27.7. The number of anilines is 2. The van der Waals surface area contributed by atoms with Crippen molar-refractivity contribution in [2.24, 2.45) is 20.5 Å². The number of rotatable bonds is 10. The van der Waals surface area contributed by atoms with Gasteiger partial charge in [-0.25, -0.2) is 14.8 Å². The Morgan fingerprint density at radius 3 is 2.10 bits per heavy atom. The standard InChI is InChI=1S/C20H17F3N4O2S2.C18H17BrN4O3S2.Ni/c1-27-6-2-3-11-7-15(13(18(28)29)9-16(11)27)25-26-19-24-14-5-4-12(8-17(14)31-19)30-10-20(21,22)23;1-23-7-5-12-9-14(17(10-15(12)23)28(24,25)26)21-22-18-20-13-3-2-11(4-6-19)8-16(13)27-18;/h4-5,7-9H,2-3,6,10H2,1H3,(H,28,29);2-3,8-10H,4-7H2,1H3,(H,24,25,26);. The number of aromatic nitrogens is 2. The van der Waals surface area contributed by atoms with E-state index in [0.29, 0.717) is 37.1 Å². The first kappa shape index (κ1) is 45.5. The maximum atomic E-state index is 12.4. The molecule has 2 aromatic heterocycles. The molecule has 2 aliphatic rings. The minimum atomic E-state index is -4.42. The number of thiazole rings is 2. The van der Waals surface area contributed by atoms with E-state index in [9.17, 15) is 36.0 Å². The number of hydrogen-bond donors (Lipinski definition) is 2. The third kappa shape index (κ3) is 10.9. The first-order chi connectivity index (χ1) is 28.0. The number of carboxylic acid groups (broad SMARTS) is 1. The zero-order valence-corrected chi connectivity index (χ0v) is 37.4. The smallest absolute Gasteiger partial charge is 0.398 e. The number of likely N-dealkylation sites (N-methyl/N-ethyl adjacent to an activating group) is 1. The second kappa shape index (κ2) is 18.9. The van der Waals surface area contributed by atoms with Gasteiger partial charge in [-0.1, -0.05) is 44.7 Å². The van der Waals surface area contributed by atoms with Crippen LogP contribution in [0.4, 0.5) is 46.2 Å². The molecule has 8 rings (SSSR count). The van der Waals surface area contributed by atoms with E-state index in [4.69, 9.17) is 0 Å². The molecule has 4 aromatic carbocycles. The molecule has 6 aromatic rings. The predicted octanol–water partition coefficient (Wildman–Crippen LogP) is 11.3. The van der Waals surface area contributed by atoms with Crippen molar-refractivity contribution >= 4 is 120 Å². The molecule has 0 spiro atoms. The summed E-state index contributed by atoms with van der Waals surface area (Å²) in [6.45, 7) is 1.65. The molecule has 4 heterocycles. The number of aryl methyl sites for hydroxylation is 2. The summed E-state index contributed by atoms with van der Waals surface area (Å²) in [6.07, 6.45) is -0.720. The molecule has 318 valence electrons. The molecule has 0 saturated carbocycles. The maximum Gasteiger partial charge on any atom is 0.398 e. The van der Waals surface area contributed by atoms with Crippen molar-refractivity contribution in [3.05, 3.63) is 82.9 Å². The van der Waals surface area contributed by atoms with E-state index in [1.165, 1.54) is 34.3 Å². The zero-order valence-electron chi connectivity index (χ0n) is 31.6. The predicted molar refractivity (Wildman–Crippen MR) is 230 cm³/mol. The maximum absolute atomic E-state index is 12.4. The molecule has 0 atom stereocenters. The van der Waals surface area contributed by atoms with Crippen LogP contribution in [-0.2, 0) is 45.9 Å². The SMILES string of the molecule is CN1CCCc2cc(N=Nc3nc4ccc(SCC(F)(F)F)cc4s3)c(C(=O)O)cc21.CN1CCc2cc(N=Nc3nc4ccc(CCBr)cc4s3)c(S(=O)(=O)O)cc21.[Ni]. The summed E-state index contributed by atoms with van der Waals surface area (Å²) in [6, 6.07) is 17.4. The van der Waals surface area contributed by atoms with Gasteiger partial charge in [0, 0.05) is 65.3 Å². The Balaban J connectivity index is 0.000000199. The molecule has 0 amide bonds. The largest absolute Gasteiger partial charge is 0.478 e. The van der Waals surface area contributed by atoms with E-state index < -0.39 is 28.0 Å². The zero-order chi connectivity index (χ0) is 42.1. The molecule has 2 N–H and O–H groups in total. The van der Waals surface area contributed by atoms with Crippen molar-refractivity contribution in [1.29, 1.82) is 0 Å². The Morgan fingerprint density at radius 2 is 1.45 bits per heavy atom. The van der Waals surface area contributed by atoms with Crippen LogP contribution in [0.3, 0.4) is 0 Å². The number of thioether (sulfide) groups is 1. The van der Waals surface area contributed by atoms with Crippen LogP contribution in [0.25, 0.3) is 20.4 Å². The van der Waals surface area contributed by atoms with Crippen molar-refractivity contribution in [3.8, 4) is 0 Å². The Labute approximate surface area is 373 Å². The molecule has 0 saturated heterocycles. The second-order valence-corrected chi connectivity index (χ2v) is 18.8. The summed E-state index contributed by atoms with van der Waals surface area (Å²) >= 11 is 6.72. The van der Waals surface area contributed by atoms with E-state index in [1.807, 2.05) is 36.0 Å². The molecule has 0 unspecified atom stereocenters. The van der Waals surface area contributed by atoms with Gasteiger partial charge in [-0.3, -0.25) is 4.55 Å². The fraction of sp³-hybridized carbons (Fsp3) is 0.289. The molecule has 13 nitrogen and oxygen atoms in total. The van der Waals surface area contributed by atoms with Gasteiger partial charge in [0.25, 0.3) is 10.1 Å². The van der Waals surface area contributed by atoms with Crippen LogP contribution in [0.5, 0.6) is 0 Å². The van der Waals surface area contributed by atoms with E-state index in [1.54, 1.807) is 36.4 Å². The van der Waals surface area contributed by atoms with Gasteiger partial charge in [-0.2, -0.15) is 21.6 Å². The van der Waals surface area contributed by atoms with Gasteiger partial charge in [-0.05, 0) is 97.0 Å². The fourth-order valence-corrected chi connectivity index (χ4v) is 10.1. The monoisotopic (exact) mass is 1000 g/mol. The number of fused-ring (bicyclic) bond motifs is 4. The van der Waals surface area contributed by atoms with E-state index in [-0.39, 0.29) is 38.3 Å². The van der Waals surface area contributed by atoms with Gasteiger partial charge >= 0.3 is 12.1 Å². The van der Waals surface area contributed by atoms with Crippen molar-refractivity contribution in [2.75, 3.05) is 48.1 Å². The molecule has 0 radical (unpaired) electrons. The quantitative estimate of drug-likeness (QED) is 0.0442. The van der Waals surface area contributed by atoms with Gasteiger partial charge in [0.15, 0.2) is 0 Å². The van der Waals surface area contributed by atoms with Crippen LogP contribution in [0.2, 0.25) is 0 Å². The molecular formula is C38H34BrF3N8NiO5S4. The minimum Gasteiger partial charge on any atom is -0.478 e. The normalized spacial score (nSPS) is 14.1. The van der Waals surface area contributed by atoms with E-state index >= 15 is 0 Å². The van der Waals surface area contributed by atoms with Gasteiger partial charge < -0.3 is 14.9 Å². The minimum absolute atomic E-state index is 0. The summed E-state index contributed by atoms with van der Waals surface area (Å²) in [5.41, 5.74) is 6.71. The van der Waals surface area contributed by atoms with Crippen LogP contribution in [0.1, 0.15) is 33.5 Å². The van der Waals surface area contributed by atoms with Crippen LogP contribution in [0.15, 0.2) is 90.9 Å². The van der Waals surface area contributed by atoms with Crippen LogP contribution >= 0.6 is 50.4 Å². The summed E-state index contributed by atoms with van der Waals surface area (Å²) < 4.78 is 72.3. The van der Waals surface area contributed by atoms with Gasteiger partial charge in [0.2, 0.25) is 10.3 Å². The second-order valence-electron chi connectivity index (χ2n) is 13.6. The average Bonchev–Trinajstić information content (AvgIpc) is 3.90. The summed E-state index contributed by atoms with van der Waals surface area (Å²) in [5.74, 6) is -2.05. The van der Waals surface area contributed by atoms with Gasteiger partial charge in [0.05, 0.1) is 31.7 Å². The van der Waals surface area contributed by atoms with Crippen molar-refractivity contribution in [1.82, 2.24) is 9.97 Å². The number of azo groups is 2. The number of alkyl halides is 4. The van der Waals surface area contributed by atoms with Crippen molar-refractivity contribution in [2.45, 2.75) is 41.7 Å². The molecule has 0 fully saturated rings. The van der Waals surface area contributed by atoms with E-state index in [2.05, 4.69) is 52.4 Å². The number of nitrogens with zero attached hydrogens (tertiary/aromatic N) is 8. The Kier molecular flexibility index (Phi) is 14.3. The topological polar surface area (TPSA) is 173 Å². The third-order valence-corrected chi connectivity index (χ3v) is 13.5. The molecule has 0 aliphatic carbocycles. The number of aromatic carboxylic acids is 1.